The molecule has 0 saturated heterocycles. The number of nitrogens with zero attached hydrogens (tertiary/aromatic N) is 6. The third-order valence-electron chi connectivity index (χ3n) is 24.1. The van der Waals surface area contributed by atoms with Crippen LogP contribution in [-0.2, 0) is 10.8 Å². The van der Waals surface area contributed by atoms with E-state index in [1.54, 1.807) is 0 Å². The summed E-state index contributed by atoms with van der Waals surface area (Å²) in [6, 6.07) is 158. The highest BCUT2D eigenvalue weighted by Gasteiger charge is 2.49. The molecule has 6 nitrogen and oxygen atoms in total. The summed E-state index contributed by atoms with van der Waals surface area (Å²) in [5.41, 5.74) is 30.0. The van der Waals surface area contributed by atoms with Crippen LogP contribution in [0.5, 0.6) is 0 Å². The SMILES string of the molecule is c1ccc(-c2cccc(-c3nc(-c4ccccc4)nc(-c4ccc(-c5ccc6c(c5)-c5cc7ccc(-c8cccc(-c9nc(-c%10ccc(-c%11ccc%12c(c%11)-c%11ccc%13ccccc%13c%11C%12(c%11ccccc%11)c%11ccccc%11)cc%10)nc(-c%10cccc(-c%11ccccc%11)c%10)n9)c8)cc7cc5C6(c5ccccc5)c5ccccc5)cc4)n3)c2)cc1. The number of hydrogen-bond acceptors (Lipinski definition) is 6. The zero-order valence-corrected chi connectivity index (χ0v) is 64.3. The van der Waals surface area contributed by atoms with Gasteiger partial charge in [-0.15, -0.1) is 0 Å². The van der Waals surface area contributed by atoms with Gasteiger partial charge in [0.05, 0.1) is 10.8 Å². The van der Waals surface area contributed by atoms with Crippen LogP contribution in [-0.4, -0.2) is 29.9 Å². The largest absolute Gasteiger partial charge is 0.208 e. The second-order valence-electron chi connectivity index (χ2n) is 30.8. The highest BCUT2D eigenvalue weighted by Crippen LogP contribution is 2.60. The second-order valence-corrected chi connectivity index (χ2v) is 30.8. The minimum Gasteiger partial charge on any atom is -0.208 e. The van der Waals surface area contributed by atoms with Gasteiger partial charge in [-0.1, -0.05) is 388 Å². The minimum absolute atomic E-state index is 0.543. The smallest absolute Gasteiger partial charge is 0.164 e. The van der Waals surface area contributed by atoms with Crippen LogP contribution in [0.4, 0.5) is 0 Å². The molecule has 0 radical (unpaired) electrons. The van der Waals surface area contributed by atoms with Gasteiger partial charge in [0, 0.05) is 33.4 Å². The number of benzene rings is 18. The lowest BCUT2D eigenvalue weighted by atomic mass is 9.66. The van der Waals surface area contributed by atoms with Crippen LogP contribution < -0.4 is 0 Å². The fourth-order valence-corrected chi connectivity index (χ4v) is 18.6. The van der Waals surface area contributed by atoms with Gasteiger partial charge in [0.25, 0.3) is 0 Å². The van der Waals surface area contributed by atoms with Gasteiger partial charge in [-0.05, 0) is 192 Å². The molecule has 2 aliphatic rings. The molecule has 2 aromatic heterocycles. The number of fused-ring (bicyclic) bond motifs is 9. The van der Waals surface area contributed by atoms with E-state index in [0.29, 0.717) is 34.9 Å². The van der Waals surface area contributed by atoms with E-state index in [-0.39, 0.29) is 0 Å². The summed E-state index contributed by atoms with van der Waals surface area (Å²) < 4.78 is 0. The minimum atomic E-state index is -0.647. The molecule has 118 heavy (non-hydrogen) atoms. The molecular weight excluding hydrogens is 1430 g/mol. The predicted molar refractivity (Wildman–Crippen MR) is 483 cm³/mol. The maximum atomic E-state index is 5.42. The molecule has 18 aromatic carbocycles. The second kappa shape index (κ2) is 28.9. The summed E-state index contributed by atoms with van der Waals surface area (Å²) in [7, 11) is 0. The first-order valence-corrected chi connectivity index (χ1v) is 40.3. The molecule has 0 unspecified atom stereocenters. The van der Waals surface area contributed by atoms with Gasteiger partial charge in [-0.2, -0.15) is 0 Å². The van der Waals surface area contributed by atoms with Crippen LogP contribution in [0.2, 0.25) is 0 Å². The molecule has 0 aliphatic heterocycles. The Morgan fingerprint density at radius 2 is 0.432 bits per heavy atom. The maximum Gasteiger partial charge on any atom is 0.164 e. The average molecular weight is 1500 g/mol. The molecule has 550 valence electrons. The molecule has 0 saturated carbocycles. The Labute approximate surface area is 685 Å². The van der Waals surface area contributed by atoms with E-state index in [4.69, 9.17) is 29.9 Å². The number of hydrogen-bond donors (Lipinski definition) is 0. The van der Waals surface area contributed by atoms with Crippen molar-refractivity contribution in [3.05, 3.63) is 481 Å². The van der Waals surface area contributed by atoms with Crippen LogP contribution in [0.3, 0.4) is 0 Å². The molecule has 0 atom stereocenters. The zero-order valence-electron chi connectivity index (χ0n) is 64.3. The molecule has 0 N–H and O–H groups in total. The van der Waals surface area contributed by atoms with Crippen LogP contribution in [0, 0.1) is 0 Å². The molecule has 22 rings (SSSR count). The molecule has 6 heteroatoms. The van der Waals surface area contributed by atoms with Crippen molar-refractivity contribution in [2.24, 2.45) is 0 Å². The summed E-state index contributed by atoms with van der Waals surface area (Å²) in [5, 5.41) is 4.77. The molecule has 2 aliphatic carbocycles. The van der Waals surface area contributed by atoms with Crippen LogP contribution >= 0.6 is 0 Å². The normalized spacial score (nSPS) is 12.7. The Hall–Kier alpha value is -15.5. The summed E-state index contributed by atoms with van der Waals surface area (Å²) in [5.74, 6) is 3.60. The Morgan fingerprint density at radius 3 is 0.890 bits per heavy atom. The lowest BCUT2D eigenvalue weighted by Gasteiger charge is -2.34. The van der Waals surface area contributed by atoms with Crippen molar-refractivity contribution in [1.29, 1.82) is 0 Å². The van der Waals surface area contributed by atoms with Gasteiger partial charge in [0.2, 0.25) is 0 Å². The first-order chi connectivity index (χ1) is 58.4. The third kappa shape index (κ3) is 11.9. The van der Waals surface area contributed by atoms with Gasteiger partial charge in [-0.3, -0.25) is 0 Å². The predicted octanol–water partition coefficient (Wildman–Crippen LogP) is 27.4. The van der Waals surface area contributed by atoms with Gasteiger partial charge in [0.15, 0.2) is 34.9 Å². The summed E-state index contributed by atoms with van der Waals surface area (Å²) in [4.78, 5) is 31.6. The quantitative estimate of drug-likeness (QED) is 0.102. The number of rotatable bonds is 15. The topological polar surface area (TPSA) is 77.3 Å². The Balaban J connectivity index is 0.624. The van der Waals surface area contributed by atoms with E-state index in [1.807, 2.05) is 24.3 Å². The molecule has 0 fully saturated rings. The first-order valence-electron chi connectivity index (χ1n) is 40.3. The Kier molecular flexibility index (Phi) is 16.9. The van der Waals surface area contributed by atoms with Crippen LogP contribution in [0.15, 0.2) is 437 Å². The van der Waals surface area contributed by atoms with Crippen molar-refractivity contribution in [2.75, 3.05) is 0 Å². The van der Waals surface area contributed by atoms with Crippen molar-refractivity contribution in [1.82, 2.24) is 29.9 Å². The van der Waals surface area contributed by atoms with Crippen molar-refractivity contribution in [3.63, 3.8) is 0 Å². The monoisotopic (exact) mass is 1500 g/mol. The van der Waals surface area contributed by atoms with Gasteiger partial charge < -0.3 is 0 Å². The van der Waals surface area contributed by atoms with Crippen molar-refractivity contribution in [3.8, 4) is 146 Å². The van der Waals surface area contributed by atoms with E-state index in [0.717, 1.165) is 99.8 Å². The highest BCUT2D eigenvalue weighted by molar-refractivity contribution is 6.02. The van der Waals surface area contributed by atoms with Crippen LogP contribution in [0.25, 0.3) is 168 Å². The van der Waals surface area contributed by atoms with E-state index in [1.165, 1.54) is 77.5 Å². The van der Waals surface area contributed by atoms with Gasteiger partial charge >= 0.3 is 0 Å². The summed E-state index contributed by atoms with van der Waals surface area (Å²) >= 11 is 0. The average Bonchev–Trinajstić information content (AvgIpc) is 1.51. The maximum absolute atomic E-state index is 5.42. The van der Waals surface area contributed by atoms with Gasteiger partial charge in [-0.25, -0.2) is 29.9 Å². The van der Waals surface area contributed by atoms with E-state index in [9.17, 15) is 0 Å². The molecule has 0 spiro atoms. The Bertz CT molecular complexity index is 7160. The number of aromatic nitrogens is 6. The standard InChI is InChI=1S/C112H72N6/c1-8-27-73(28-9-1)81-34-24-37-88(65-81)108-114-105(78-32-12-3-13-33-78)113-106(115-108)79-53-51-76(52-54-79)86-60-63-101-99(70-86)100-71-87-58-57-84(68-91(87)72-103(100)111(101,92-40-14-4-15-41-92)93-42-16-5-17-43-93)83-36-26-39-90(67-83)110-117-107(116-109(118-110)89-38-25-35-82(66-89)74-29-10-2-11-30-74)80-55-49-75(50-56-80)85-61-64-102-98(69-85)97-62-59-77-31-22-23-48-96(77)104(97)112(102,94-44-18-6-19-45-94)95-46-20-7-21-47-95/h1-72H. The first kappa shape index (κ1) is 69.2. The lowest BCUT2D eigenvalue weighted by molar-refractivity contribution is 0.769. The lowest BCUT2D eigenvalue weighted by Crippen LogP contribution is -2.28. The van der Waals surface area contributed by atoms with E-state index >= 15 is 0 Å². The molecular formula is C112H72N6. The highest BCUT2D eigenvalue weighted by atomic mass is 15.0. The van der Waals surface area contributed by atoms with Gasteiger partial charge in [0.1, 0.15) is 0 Å². The molecule has 2 heterocycles. The van der Waals surface area contributed by atoms with E-state index < -0.39 is 10.8 Å². The third-order valence-corrected chi connectivity index (χ3v) is 24.1. The van der Waals surface area contributed by atoms with Crippen molar-refractivity contribution in [2.45, 2.75) is 10.8 Å². The summed E-state index contributed by atoms with van der Waals surface area (Å²) in [6.45, 7) is 0. The molecule has 0 amide bonds. The van der Waals surface area contributed by atoms with Crippen molar-refractivity contribution >= 4 is 21.5 Å². The van der Waals surface area contributed by atoms with Crippen molar-refractivity contribution < 1.29 is 0 Å². The van der Waals surface area contributed by atoms with Crippen LogP contribution in [0.1, 0.15) is 44.5 Å². The fraction of sp³-hybridized carbons (Fsp3) is 0.0179. The zero-order chi connectivity index (χ0) is 78.1. The summed E-state index contributed by atoms with van der Waals surface area (Å²) in [6.07, 6.45) is 0. The van der Waals surface area contributed by atoms with E-state index in [2.05, 4.69) is 413 Å². The fourth-order valence-electron chi connectivity index (χ4n) is 18.6. The molecule has 20 aromatic rings. The molecule has 0 bridgehead atoms. The Morgan fingerprint density at radius 1 is 0.144 bits per heavy atom.